The third-order valence-electron chi connectivity index (χ3n) is 3.07. The second kappa shape index (κ2) is 3.35. The molecule has 76 valence electrons. The van der Waals surface area contributed by atoms with E-state index in [4.69, 9.17) is 0 Å². The van der Waals surface area contributed by atoms with Crippen LogP contribution in [0, 0.1) is 5.41 Å². The Kier molecular flexibility index (Phi) is 2.74. The van der Waals surface area contributed by atoms with E-state index >= 15 is 0 Å². The maximum atomic E-state index is 12.8. The summed E-state index contributed by atoms with van der Waals surface area (Å²) >= 11 is 0. The molecule has 0 aromatic rings. The molecule has 0 heterocycles. The Hall–Kier alpha value is -0.470. The van der Waals surface area contributed by atoms with Gasteiger partial charge in [0.05, 0.1) is 5.41 Å². The van der Waals surface area contributed by atoms with Gasteiger partial charge in [0, 0.05) is 0 Å². The van der Waals surface area contributed by atoms with E-state index in [1.807, 2.05) is 0 Å². The van der Waals surface area contributed by atoms with Gasteiger partial charge in [0.1, 0.15) is 0 Å². The van der Waals surface area contributed by atoms with Crippen LogP contribution in [0.1, 0.15) is 39.0 Å². The van der Waals surface area contributed by atoms with Crippen molar-refractivity contribution in [1.82, 2.24) is 0 Å². The second-order valence-corrected chi connectivity index (χ2v) is 3.92. The van der Waals surface area contributed by atoms with Crippen molar-refractivity contribution in [2.75, 3.05) is 0 Å². The van der Waals surface area contributed by atoms with Crippen molar-refractivity contribution in [2.24, 2.45) is 5.41 Å². The molecule has 0 aromatic carbocycles. The monoisotopic (exact) mass is 192 g/mol. The van der Waals surface area contributed by atoms with Crippen LogP contribution in [0.15, 0.2) is 12.2 Å². The maximum absolute atomic E-state index is 12.8. The molecule has 1 fully saturated rings. The first-order chi connectivity index (χ1) is 5.90. The molecule has 0 atom stereocenters. The molecule has 0 amide bonds. The summed E-state index contributed by atoms with van der Waals surface area (Å²) in [6.45, 7) is 5.00. The van der Waals surface area contributed by atoms with Gasteiger partial charge in [-0.3, -0.25) is 0 Å². The summed E-state index contributed by atoms with van der Waals surface area (Å²) in [5.74, 6) is 0. The van der Waals surface area contributed by atoms with Gasteiger partial charge in [0.15, 0.2) is 0 Å². The predicted molar refractivity (Wildman–Crippen MR) is 46.4 cm³/mol. The van der Waals surface area contributed by atoms with E-state index in [1.54, 1.807) is 0 Å². The number of allylic oxidation sites excluding steroid dienone is 1. The van der Waals surface area contributed by atoms with Crippen LogP contribution >= 0.6 is 0 Å². The molecule has 1 saturated carbocycles. The topological polar surface area (TPSA) is 0 Å². The van der Waals surface area contributed by atoms with Gasteiger partial charge in [-0.15, -0.1) is 0 Å². The van der Waals surface area contributed by atoms with E-state index in [2.05, 4.69) is 6.58 Å². The van der Waals surface area contributed by atoms with Gasteiger partial charge in [-0.2, -0.15) is 13.2 Å². The molecule has 3 heteroatoms. The molecule has 0 bridgehead atoms. The number of alkyl halides is 3. The molecule has 0 unspecified atom stereocenters. The molecule has 13 heavy (non-hydrogen) atoms. The van der Waals surface area contributed by atoms with Gasteiger partial charge >= 0.3 is 6.18 Å². The fourth-order valence-electron chi connectivity index (χ4n) is 2.11. The Balaban J connectivity index is 2.93. The highest BCUT2D eigenvalue weighted by Crippen LogP contribution is 2.52. The SMILES string of the molecule is C=C(C)C1(C(F)(F)F)CCCCC1. The van der Waals surface area contributed by atoms with Crippen LogP contribution < -0.4 is 0 Å². The van der Waals surface area contributed by atoms with Gasteiger partial charge < -0.3 is 0 Å². The quantitative estimate of drug-likeness (QED) is 0.549. The van der Waals surface area contributed by atoms with Crippen molar-refractivity contribution in [3.63, 3.8) is 0 Å². The largest absolute Gasteiger partial charge is 0.398 e. The van der Waals surface area contributed by atoms with Crippen molar-refractivity contribution < 1.29 is 13.2 Å². The highest BCUT2D eigenvalue weighted by atomic mass is 19.4. The average Bonchev–Trinajstić information content (AvgIpc) is 2.03. The van der Waals surface area contributed by atoms with Crippen LogP contribution in [-0.2, 0) is 0 Å². The number of hydrogen-bond donors (Lipinski definition) is 0. The van der Waals surface area contributed by atoms with E-state index in [0.717, 1.165) is 6.42 Å². The molecule has 0 saturated heterocycles. The summed E-state index contributed by atoms with van der Waals surface area (Å²) < 4.78 is 38.4. The highest BCUT2D eigenvalue weighted by Gasteiger charge is 2.54. The van der Waals surface area contributed by atoms with Gasteiger partial charge in [-0.05, 0) is 19.8 Å². The van der Waals surface area contributed by atoms with Crippen molar-refractivity contribution in [1.29, 1.82) is 0 Å². The molecule has 0 N–H and O–H groups in total. The lowest BCUT2D eigenvalue weighted by Gasteiger charge is -2.39. The minimum Gasteiger partial charge on any atom is -0.170 e. The summed E-state index contributed by atoms with van der Waals surface area (Å²) in [6, 6.07) is 0. The van der Waals surface area contributed by atoms with Gasteiger partial charge in [0.25, 0.3) is 0 Å². The standard InChI is InChI=1S/C10H15F3/c1-8(2)9(10(11,12)13)6-4-3-5-7-9/h1,3-7H2,2H3. The minimum absolute atomic E-state index is 0.228. The van der Waals surface area contributed by atoms with Gasteiger partial charge in [-0.25, -0.2) is 0 Å². The highest BCUT2D eigenvalue weighted by molar-refractivity contribution is 5.12. The van der Waals surface area contributed by atoms with Crippen LogP contribution in [-0.4, -0.2) is 6.18 Å². The van der Waals surface area contributed by atoms with E-state index < -0.39 is 11.6 Å². The third-order valence-corrected chi connectivity index (χ3v) is 3.07. The van der Waals surface area contributed by atoms with Crippen LogP contribution in [0.2, 0.25) is 0 Å². The smallest absolute Gasteiger partial charge is 0.170 e. The van der Waals surface area contributed by atoms with Gasteiger partial charge in [0.2, 0.25) is 0 Å². The molecule has 0 aliphatic heterocycles. The third kappa shape index (κ3) is 1.74. The zero-order valence-electron chi connectivity index (χ0n) is 7.88. The lowest BCUT2D eigenvalue weighted by Crippen LogP contribution is -2.40. The Morgan fingerprint density at radius 1 is 1.15 bits per heavy atom. The lowest BCUT2D eigenvalue weighted by molar-refractivity contribution is -0.219. The number of hydrogen-bond acceptors (Lipinski definition) is 0. The molecular formula is C10H15F3. The molecule has 0 radical (unpaired) electrons. The normalized spacial score (nSPS) is 22.8. The minimum atomic E-state index is -4.11. The van der Waals surface area contributed by atoms with E-state index in [9.17, 15) is 13.2 Å². The van der Waals surface area contributed by atoms with Crippen LogP contribution in [0.5, 0.6) is 0 Å². The number of rotatable bonds is 1. The fraction of sp³-hybridized carbons (Fsp3) is 0.800. The van der Waals surface area contributed by atoms with Crippen molar-refractivity contribution in [2.45, 2.75) is 45.2 Å². The van der Waals surface area contributed by atoms with Crippen molar-refractivity contribution >= 4 is 0 Å². The molecule has 0 spiro atoms. The van der Waals surface area contributed by atoms with E-state index in [0.29, 0.717) is 12.8 Å². The Bertz CT molecular complexity index is 197. The molecule has 1 aliphatic carbocycles. The van der Waals surface area contributed by atoms with Crippen molar-refractivity contribution in [3.05, 3.63) is 12.2 Å². The summed E-state index contributed by atoms with van der Waals surface area (Å²) in [4.78, 5) is 0. The zero-order chi connectivity index (χ0) is 10.1. The van der Waals surface area contributed by atoms with E-state index in [-0.39, 0.29) is 18.4 Å². The summed E-state index contributed by atoms with van der Waals surface area (Å²) in [5.41, 5.74) is -1.30. The first-order valence-electron chi connectivity index (χ1n) is 4.63. The summed E-state index contributed by atoms with van der Waals surface area (Å²) in [5, 5.41) is 0. The van der Waals surface area contributed by atoms with Crippen LogP contribution in [0.3, 0.4) is 0 Å². The maximum Gasteiger partial charge on any atom is 0.398 e. The van der Waals surface area contributed by atoms with Crippen LogP contribution in [0.25, 0.3) is 0 Å². The fourth-order valence-corrected chi connectivity index (χ4v) is 2.11. The molecule has 1 rings (SSSR count). The Morgan fingerprint density at radius 3 is 1.85 bits per heavy atom. The molecule has 0 nitrogen and oxygen atoms in total. The first kappa shape index (κ1) is 10.6. The van der Waals surface area contributed by atoms with E-state index in [1.165, 1.54) is 6.92 Å². The van der Waals surface area contributed by atoms with Gasteiger partial charge in [-0.1, -0.05) is 31.4 Å². The predicted octanol–water partition coefficient (Wildman–Crippen LogP) is 4.08. The zero-order valence-corrected chi connectivity index (χ0v) is 7.88. The first-order valence-corrected chi connectivity index (χ1v) is 4.63. The molecule has 0 aromatic heterocycles. The summed E-state index contributed by atoms with van der Waals surface area (Å²) in [7, 11) is 0. The Morgan fingerprint density at radius 2 is 1.62 bits per heavy atom. The Labute approximate surface area is 76.8 Å². The average molecular weight is 192 g/mol. The molecular weight excluding hydrogens is 177 g/mol. The summed E-state index contributed by atoms with van der Waals surface area (Å²) in [6.07, 6.45) is -1.39. The lowest BCUT2D eigenvalue weighted by atomic mass is 9.69. The van der Waals surface area contributed by atoms with Crippen LogP contribution in [0.4, 0.5) is 13.2 Å². The second-order valence-electron chi connectivity index (χ2n) is 3.92. The van der Waals surface area contributed by atoms with Crippen molar-refractivity contribution in [3.8, 4) is 0 Å². The molecule has 1 aliphatic rings. The number of halogens is 3.